The van der Waals surface area contributed by atoms with Gasteiger partial charge < -0.3 is 10.1 Å². The number of nitrogens with one attached hydrogen (secondary N) is 1. The van der Waals surface area contributed by atoms with Crippen LogP contribution in [-0.4, -0.2) is 49.6 Å². The van der Waals surface area contributed by atoms with Crippen molar-refractivity contribution in [2.75, 3.05) is 20.7 Å². The number of nitrogens with zero attached hydrogens (tertiary/aromatic N) is 1. The summed E-state index contributed by atoms with van der Waals surface area (Å²) in [6.45, 7) is 0.601. The van der Waals surface area contributed by atoms with Crippen LogP contribution in [0.4, 0.5) is 4.39 Å². The van der Waals surface area contributed by atoms with E-state index in [9.17, 15) is 14.0 Å². The molecule has 2 atom stereocenters. The summed E-state index contributed by atoms with van der Waals surface area (Å²) < 4.78 is 17.6. The number of ether oxygens (including phenoxy) is 1. The fourth-order valence-corrected chi connectivity index (χ4v) is 3.28. The monoisotopic (exact) mass is 350 g/mol. The molecular formula is C19H27FN2O3. The molecule has 1 fully saturated rings. The number of carbonyl (C=O) groups excluding carboxylic acids is 2. The summed E-state index contributed by atoms with van der Waals surface area (Å²) in [5, 5.41) is 2.98. The third kappa shape index (κ3) is 6.12. The molecule has 1 amide bonds. The van der Waals surface area contributed by atoms with Gasteiger partial charge in [0.2, 0.25) is 5.91 Å². The number of hydrogen-bond acceptors (Lipinski definition) is 4. The maximum atomic E-state index is 12.8. The summed E-state index contributed by atoms with van der Waals surface area (Å²) in [5.41, 5.74) is 1.04. The van der Waals surface area contributed by atoms with Crippen LogP contribution in [0.1, 0.15) is 37.7 Å². The molecule has 0 saturated carbocycles. The Morgan fingerprint density at radius 1 is 1.24 bits per heavy atom. The molecule has 1 aliphatic rings. The smallest absolute Gasteiger partial charge is 0.307 e. The minimum Gasteiger partial charge on any atom is -0.469 e. The Morgan fingerprint density at radius 2 is 1.92 bits per heavy atom. The Hall–Kier alpha value is -1.95. The number of benzene rings is 1. The number of likely N-dealkylation sites (N-methyl/N-ethyl adjacent to an activating group) is 1. The molecule has 2 rings (SSSR count). The van der Waals surface area contributed by atoms with Crippen LogP contribution >= 0.6 is 0 Å². The second-order valence-electron chi connectivity index (χ2n) is 6.61. The molecule has 0 radical (unpaired) electrons. The Kier molecular flexibility index (Phi) is 7.37. The molecule has 138 valence electrons. The lowest BCUT2D eigenvalue weighted by Gasteiger charge is -2.25. The van der Waals surface area contributed by atoms with E-state index in [2.05, 4.69) is 10.2 Å². The van der Waals surface area contributed by atoms with Crippen LogP contribution in [0.2, 0.25) is 0 Å². The minimum absolute atomic E-state index is 0.0342. The number of esters is 1. The van der Waals surface area contributed by atoms with Gasteiger partial charge in [0.25, 0.3) is 0 Å². The zero-order valence-corrected chi connectivity index (χ0v) is 15.0. The highest BCUT2D eigenvalue weighted by molar-refractivity contribution is 5.75. The summed E-state index contributed by atoms with van der Waals surface area (Å²) >= 11 is 0. The van der Waals surface area contributed by atoms with Crippen LogP contribution in [0.3, 0.4) is 0 Å². The van der Waals surface area contributed by atoms with Crippen LogP contribution in [-0.2, 0) is 20.7 Å². The molecule has 6 heteroatoms. The van der Waals surface area contributed by atoms with Crippen molar-refractivity contribution in [2.24, 2.45) is 0 Å². The predicted octanol–water partition coefficient (Wildman–Crippen LogP) is 2.29. The van der Waals surface area contributed by atoms with Crippen LogP contribution in [0, 0.1) is 5.82 Å². The molecule has 1 saturated heterocycles. The molecule has 0 bridgehead atoms. The first-order chi connectivity index (χ1) is 12.0. The lowest BCUT2D eigenvalue weighted by molar-refractivity contribution is -0.141. The number of carbonyl (C=O) groups is 2. The van der Waals surface area contributed by atoms with Gasteiger partial charge in [-0.05, 0) is 50.4 Å². The Labute approximate surface area is 148 Å². The third-order valence-electron chi connectivity index (χ3n) is 4.93. The quantitative estimate of drug-likeness (QED) is 0.731. The van der Waals surface area contributed by atoms with Gasteiger partial charge in [0.1, 0.15) is 5.82 Å². The highest BCUT2D eigenvalue weighted by Crippen LogP contribution is 2.24. The van der Waals surface area contributed by atoms with Crippen molar-refractivity contribution in [3.05, 3.63) is 35.6 Å². The zero-order chi connectivity index (χ0) is 18.2. The number of methoxy groups -OCH3 is 1. The van der Waals surface area contributed by atoms with Gasteiger partial charge in [-0.3, -0.25) is 14.5 Å². The van der Waals surface area contributed by atoms with Crippen LogP contribution in [0.15, 0.2) is 24.3 Å². The number of amides is 1. The normalized spacial score (nSPS) is 20.4. The first-order valence-electron chi connectivity index (χ1n) is 8.79. The molecule has 0 aromatic heterocycles. The number of hydrogen-bond donors (Lipinski definition) is 1. The van der Waals surface area contributed by atoms with Crippen molar-refractivity contribution >= 4 is 11.9 Å². The van der Waals surface area contributed by atoms with E-state index in [1.54, 1.807) is 12.1 Å². The Balaban J connectivity index is 1.64. The topological polar surface area (TPSA) is 58.6 Å². The predicted molar refractivity (Wildman–Crippen MR) is 93.6 cm³/mol. The second-order valence-corrected chi connectivity index (χ2v) is 6.61. The van der Waals surface area contributed by atoms with E-state index in [4.69, 9.17) is 4.74 Å². The Bertz CT molecular complexity index is 577. The molecule has 1 heterocycles. The van der Waals surface area contributed by atoms with Gasteiger partial charge in [0.15, 0.2) is 0 Å². The molecule has 0 aliphatic carbocycles. The average molecular weight is 350 g/mol. The Morgan fingerprint density at radius 3 is 2.60 bits per heavy atom. The SMILES string of the molecule is COC(=O)C[C@H]1CC[C@@H](CNC(=O)CCCc2ccc(F)cc2)N1C. The molecule has 25 heavy (non-hydrogen) atoms. The van der Waals surface area contributed by atoms with E-state index >= 15 is 0 Å². The highest BCUT2D eigenvalue weighted by Gasteiger charge is 2.31. The molecule has 1 aliphatic heterocycles. The lowest BCUT2D eigenvalue weighted by Crippen LogP contribution is -2.41. The van der Waals surface area contributed by atoms with E-state index in [1.807, 2.05) is 7.05 Å². The summed E-state index contributed by atoms with van der Waals surface area (Å²) in [6.07, 6.45) is 4.26. The molecule has 1 aromatic rings. The van der Waals surface area contributed by atoms with Gasteiger partial charge >= 0.3 is 5.97 Å². The summed E-state index contributed by atoms with van der Waals surface area (Å²) in [6, 6.07) is 6.83. The highest BCUT2D eigenvalue weighted by atomic mass is 19.1. The lowest BCUT2D eigenvalue weighted by atomic mass is 10.1. The van der Waals surface area contributed by atoms with E-state index in [-0.39, 0.29) is 29.8 Å². The van der Waals surface area contributed by atoms with Gasteiger partial charge in [-0.15, -0.1) is 0 Å². The second kappa shape index (κ2) is 9.51. The third-order valence-corrected chi connectivity index (χ3v) is 4.93. The summed E-state index contributed by atoms with van der Waals surface area (Å²) in [4.78, 5) is 25.6. The van der Waals surface area contributed by atoms with Crippen molar-refractivity contribution in [1.29, 1.82) is 0 Å². The maximum absolute atomic E-state index is 12.8. The minimum atomic E-state index is -0.243. The molecule has 1 N–H and O–H groups in total. The van der Waals surface area contributed by atoms with Gasteiger partial charge in [-0.25, -0.2) is 4.39 Å². The maximum Gasteiger partial charge on any atom is 0.307 e. The van der Waals surface area contributed by atoms with E-state index < -0.39 is 0 Å². The van der Waals surface area contributed by atoms with E-state index in [0.29, 0.717) is 19.4 Å². The number of likely N-dealkylation sites (tertiary alicyclic amines) is 1. The fraction of sp³-hybridized carbons (Fsp3) is 0.579. The van der Waals surface area contributed by atoms with Crippen molar-refractivity contribution in [3.63, 3.8) is 0 Å². The van der Waals surface area contributed by atoms with Crippen molar-refractivity contribution in [2.45, 2.75) is 50.6 Å². The van der Waals surface area contributed by atoms with Crippen molar-refractivity contribution in [1.82, 2.24) is 10.2 Å². The zero-order valence-electron chi connectivity index (χ0n) is 15.0. The number of halogens is 1. The molecular weight excluding hydrogens is 323 g/mol. The standard InChI is InChI=1S/C19H27FN2O3/c1-22-16(12-19(24)25-2)10-11-17(22)13-21-18(23)5-3-4-14-6-8-15(20)9-7-14/h6-9,16-17H,3-5,10-13H2,1-2H3,(H,21,23)/t16-,17+/m1/s1. The van der Waals surface area contributed by atoms with Gasteiger partial charge in [0.05, 0.1) is 13.5 Å². The summed E-state index contributed by atoms with van der Waals surface area (Å²) in [5.74, 6) is -0.401. The van der Waals surface area contributed by atoms with Crippen LogP contribution in [0.25, 0.3) is 0 Å². The first kappa shape index (κ1) is 19.4. The average Bonchev–Trinajstić information content (AvgIpc) is 2.94. The van der Waals surface area contributed by atoms with Gasteiger partial charge in [-0.1, -0.05) is 12.1 Å². The largest absolute Gasteiger partial charge is 0.469 e. The molecule has 5 nitrogen and oxygen atoms in total. The van der Waals surface area contributed by atoms with Gasteiger partial charge in [0, 0.05) is 25.0 Å². The van der Waals surface area contributed by atoms with Crippen molar-refractivity contribution in [3.8, 4) is 0 Å². The first-order valence-corrected chi connectivity index (χ1v) is 8.79. The van der Waals surface area contributed by atoms with E-state index in [0.717, 1.165) is 31.2 Å². The van der Waals surface area contributed by atoms with Crippen LogP contribution < -0.4 is 5.32 Å². The molecule has 0 unspecified atom stereocenters. The fourth-order valence-electron chi connectivity index (χ4n) is 3.28. The number of rotatable bonds is 8. The van der Waals surface area contributed by atoms with Crippen LogP contribution in [0.5, 0.6) is 0 Å². The molecule has 1 aromatic carbocycles. The van der Waals surface area contributed by atoms with Crippen molar-refractivity contribution < 1.29 is 18.7 Å². The van der Waals surface area contributed by atoms with Gasteiger partial charge in [-0.2, -0.15) is 0 Å². The molecule has 0 spiro atoms. The van der Waals surface area contributed by atoms with E-state index in [1.165, 1.54) is 19.2 Å². The summed E-state index contributed by atoms with van der Waals surface area (Å²) in [7, 11) is 3.40. The number of aryl methyl sites for hydroxylation is 1.